The van der Waals surface area contributed by atoms with Crippen molar-refractivity contribution in [3.63, 3.8) is 0 Å². The average molecular weight is 326 g/mol. The van der Waals surface area contributed by atoms with E-state index in [1.54, 1.807) is 0 Å². The first kappa shape index (κ1) is 15.6. The molecule has 0 unspecified atom stereocenters. The van der Waals surface area contributed by atoms with Gasteiger partial charge in [-0.05, 0) is 32.8 Å². The molecule has 1 saturated carbocycles. The van der Waals surface area contributed by atoms with E-state index in [0.29, 0.717) is 5.92 Å². The molecule has 24 heavy (non-hydrogen) atoms. The van der Waals surface area contributed by atoms with Crippen LogP contribution in [0.2, 0.25) is 0 Å². The predicted molar refractivity (Wildman–Crippen MR) is 94.2 cm³/mol. The summed E-state index contributed by atoms with van der Waals surface area (Å²) >= 11 is 0. The Morgan fingerprint density at radius 1 is 1.12 bits per heavy atom. The summed E-state index contributed by atoms with van der Waals surface area (Å²) in [4.78, 5) is 14.1. The molecule has 1 aliphatic heterocycles. The van der Waals surface area contributed by atoms with E-state index in [9.17, 15) is 0 Å². The minimum Gasteiger partial charge on any atom is -0.354 e. The number of nitrogens with zero attached hydrogens (tertiary/aromatic N) is 6. The standard InChI is InChI=1S/C18H26N6/c1-13-16(14(2)22(3)21-13)12-23-8-10-24(11-9-23)17-6-7-19-18(20-17)15-4-5-15/h6-7,15H,4-5,8-12H2,1-3H3. The highest BCUT2D eigenvalue weighted by atomic mass is 15.3. The maximum absolute atomic E-state index is 4.78. The summed E-state index contributed by atoms with van der Waals surface area (Å²) in [6.07, 6.45) is 4.42. The third-order valence-electron chi connectivity index (χ3n) is 5.34. The molecule has 128 valence electrons. The first-order valence-electron chi connectivity index (χ1n) is 8.91. The van der Waals surface area contributed by atoms with E-state index in [-0.39, 0.29) is 0 Å². The highest BCUT2D eigenvalue weighted by Gasteiger charge is 2.27. The van der Waals surface area contributed by atoms with Crippen molar-refractivity contribution in [1.29, 1.82) is 0 Å². The van der Waals surface area contributed by atoms with Crippen LogP contribution >= 0.6 is 0 Å². The van der Waals surface area contributed by atoms with Crippen LogP contribution in [0, 0.1) is 13.8 Å². The van der Waals surface area contributed by atoms with E-state index in [1.807, 2.05) is 17.9 Å². The Labute approximate surface area is 143 Å². The van der Waals surface area contributed by atoms with Gasteiger partial charge < -0.3 is 4.90 Å². The molecule has 0 aromatic carbocycles. The fourth-order valence-electron chi connectivity index (χ4n) is 3.48. The molecule has 2 aliphatic rings. The Morgan fingerprint density at radius 3 is 2.50 bits per heavy atom. The molecule has 4 rings (SSSR count). The van der Waals surface area contributed by atoms with Gasteiger partial charge in [-0.1, -0.05) is 0 Å². The van der Waals surface area contributed by atoms with Crippen molar-refractivity contribution in [2.45, 2.75) is 39.2 Å². The van der Waals surface area contributed by atoms with E-state index in [4.69, 9.17) is 4.98 Å². The molecule has 0 radical (unpaired) electrons. The third-order valence-corrected chi connectivity index (χ3v) is 5.34. The monoisotopic (exact) mass is 326 g/mol. The highest BCUT2D eigenvalue weighted by molar-refractivity contribution is 5.39. The van der Waals surface area contributed by atoms with E-state index >= 15 is 0 Å². The molecule has 2 aromatic rings. The third kappa shape index (κ3) is 3.02. The summed E-state index contributed by atoms with van der Waals surface area (Å²) in [5.74, 6) is 2.75. The van der Waals surface area contributed by atoms with Crippen LogP contribution in [-0.4, -0.2) is 50.8 Å². The van der Waals surface area contributed by atoms with Crippen molar-refractivity contribution < 1.29 is 0 Å². The van der Waals surface area contributed by atoms with Crippen molar-refractivity contribution in [3.05, 3.63) is 35.0 Å². The topological polar surface area (TPSA) is 50.1 Å². The van der Waals surface area contributed by atoms with Crippen molar-refractivity contribution in [1.82, 2.24) is 24.6 Å². The van der Waals surface area contributed by atoms with Crippen LogP contribution in [0.4, 0.5) is 5.82 Å². The van der Waals surface area contributed by atoms with E-state index < -0.39 is 0 Å². The van der Waals surface area contributed by atoms with Gasteiger partial charge in [0.25, 0.3) is 0 Å². The number of piperazine rings is 1. The second-order valence-electron chi connectivity index (χ2n) is 7.08. The molecule has 0 bridgehead atoms. The predicted octanol–water partition coefficient (Wildman–Crippen LogP) is 2.03. The zero-order chi connectivity index (χ0) is 16.7. The molecule has 6 heteroatoms. The molecule has 2 fully saturated rings. The summed E-state index contributed by atoms with van der Waals surface area (Å²) in [6, 6.07) is 2.05. The van der Waals surface area contributed by atoms with Crippen molar-refractivity contribution in [3.8, 4) is 0 Å². The number of aryl methyl sites for hydroxylation is 2. The van der Waals surface area contributed by atoms with Gasteiger partial charge in [-0.3, -0.25) is 9.58 Å². The molecule has 0 atom stereocenters. The summed E-state index contributed by atoms with van der Waals surface area (Å²) in [6.45, 7) is 9.45. The van der Waals surface area contributed by atoms with Crippen LogP contribution in [0.15, 0.2) is 12.3 Å². The maximum Gasteiger partial charge on any atom is 0.133 e. The van der Waals surface area contributed by atoms with Gasteiger partial charge in [-0.25, -0.2) is 9.97 Å². The van der Waals surface area contributed by atoms with Gasteiger partial charge in [0.15, 0.2) is 0 Å². The number of hydrogen-bond acceptors (Lipinski definition) is 5. The van der Waals surface area contributed by atoms with E-state index in [0.717, 1.165) is 50.1 Å². The van der Waals surface area contributed by atoms with Crippen LogP contribution in [-0.2, 0) is 13.6 Å². The highest BCUT2D eigenvalue weighted by Crippen LogP contribution is 2.38. The van der Waals surface area contributed by atoms with Gasteiger partial charge in [0.2, 0.25) is 0 Å². The fraction of sp³-hybridized carbons (Fsp3) is 0.611. The molecular formula is C18H26N6. The Hall–Kier alpha value is -1.95. The molecule has 0 spiro atoms. The van der Waals surface area contributed by atoms with Gasteiger partial charge in [0.1, 0.15) is 11.6 Å². The minimum absolute atomic E-state index is 0.614. The van der Waals surface area contributed by atoms with Crippen molar-refractivity contribution in [2.24, 2.45) is 7.05 Å². The van der Waals surface area contributed by atoms with Crippen LogP contribution in [0.3, 0.4) is 0 Å². The normalized spacial score (nSPS) is 19.0. The van der Waals surface area contributed by atoms with Gasteiger partial charge in [0.05, 0.1) is 5.69 Å². The van der Waals surface area contributed by atoms with Gasteiger partial charge in [-0.2, -0.15) is 5.10 Å². The molecular weight excluding hydrogens is 300 g/mol. The summed E-state index contributed by atoms with van der Waals surface area (Å²) < 4.78 is 1.99. The quantitative estimate of drug-likeness (QED) is 0.860. The maximum atomic E-state index is 4.78. The number of anilines is 1. The molecule has 2 aromatic heterocycles. The lowest BCUT2D eigenvalue weighted by Gasteiger charge is -2.35. The van der Waals surface area contributed by atoms with Crippen LogP contribution in [0.5, 0.6) is 0 Å². The van der Waals surface area contributed by atoms with Crippen molar-refractivity contribution >= 4 is 5.82 Å². The molecule has 6 nitrogen and oxygen atoms in total. The van der Waals surface area contributed by atoms with Gasteiger partial charge in [0, 0.05) is 63.1 Å². The molecule has 3 heterocycles. The lowest BCUT2D eigenvalue weighted by Crippen LogP contribution is -2.46. The molecule has 0 amide bonds. The van der Waals surface area contributed by atoms with E-state index in [2.05, 4.69) is 39.8 Å². The summed E-state index contributed by atoms with van der Waals surface area (Å²) in [5.41, 5.74) is 3.81. The Balaban J connectivity index is 1.39. The lowest BCUT2D eigenvalue weighted by molar-refractivity contribution is 0.248. The lowest BCUT2D eigenvalue weighted by atomic mass is 10.1. The summed E-state index contributed by atoms with van der Waals surface area (Å²) in [7, 11) is 2.02. The zero-order valence-corrected chi connectivity index (χ0v) is 14.9. The van der Waals surface area contributed by atoms with Crippen LogP contribution in [0.25, 0.3) is 0 Å². The first-order valence-corrected chi connectivity index (χ1v) is 8.91. The SMILES string of the molecule is Cc1nn(C)c(C)c1CN1CCN(c2ccnc(C3CC3)n2)CC1. The van der Waals surface area contributed by atoms with Crippen LogP contribution < -0.4 is 4.90 Å². The van der Waals surface area contributed by atoms with Crippen molar-refractivity contribution in [2.75, 3.05) is 31.1 Å². The smallest absolute Gasteiger partial charge is 0.133 e. The van der Waals surface area contributed by atoms with Gasteiger partial charge >= 0.3 is 0 Å². The summed E-state index contributed by atoms with van der Waals surface area (Å²) in [5, 5.41) is 4.53. The Bertz CT molecular complexity index is 725. The van der Waals surface area contributed by atoms with E-state index in [1.165, 1.54) is 24.1 Å². The minimum atomic E-state index is 0.614. The van der Waals surface area contributed by atoms with Crippen LogP contribution in [0.1, 0.15) is 41.5 Å². The second kappa shape index (κ2) is 6.16. The zero-order valence-electron chi connectivity index (χ0n) is 14.9. The molecule has 1 aliphatic carbocycles. The number of rotatable bonds is 4. The first-order chi connectivity index (χ1) is 11.6. The Morgan fingerprint density at radius 2 is 1.88 bits per heavy atom. The second-order valence-corrected chi connectivity index (χ2v) is 7.08. The largest absolute Gasteiger partial charge is 0.354 e. The van der Waals surface area contributed by atoms with Gasteiger partial charge in [-0.15, -0.1) is 0 Å². The molecule has 1 saturated heterocycles. The Kier molecular flexibility index (Phi) is 4.00. The number of aromatic nitrogens is 4. The fourth-order valence-corrected chi connectivity index (χ4v) is 3.48. The number of hydrogen-bond donors (Lipinski definition) is 0. The average Bonchev–Trinajstić information content (AvgIpc) is 3.41. The molecule has 0 N–H and O–H groups in total.